The van der Waals surface area contributed by atoms with Crippen LogP contribution in [0.4, 0.5) is 5.69 Å². The van der Waals surface area contributed by atoms with Crippen molar-refractivity contribution in [2.45, 2.75) is 19.4 Å². The number of halogens is 1. The quantitative estimate of drug-likeness (QED) is 0.865. The Bertz CT molecular complexity index is 706. The minimum absolute atomic E-state index is 0.111. The molecule has 1 heterocycles. The lowest BCUT2D eigenvalue weighted by Crippen LogP contribution is -2.38. The molecular weight excluding hydrogens is 340 g/mol. The van der Waals surface area contributed by atoms with Gasteiger partial charge in [-0.15, -0.1) is 0 Å². The fraction of sp³-hybridized carbons (Fsp3) is 0.533. The van der Waals surface area contributed by atoms with Crippen molar-refractivity contribution >= 4 is 33.0 Å². The van der Waals surface area contributed by atoms with Crippen LogP contribution in [-0.4, -0.2) is 57.5 Å². The zero-order valence-electron chi connectivity index (χ0n) is 13.4. The number of ether oxygens (including phenoxy) is 1. The number of nitrogens with zero attached hydrogens (tertiary/aromatic N) is 1. The van der Waals surface area contributed by atoms with Crippen LogP contribution in [0.1, 0.15) is 12.0 Å². The van der Waals surface area contributed by atoms with Crippen LogP contribution in [0.3, 0.4) is 0 Å². The van der Waals surface area contributed by atoms with Crippen molar-refractivity contribution in [3.63, 3.8) is 0 Å². The minimum Gasteiger partial charge on any atom is -0.495 e. The van der Waals surface area contributed by atoms with Crippen molar-refractivity contribution < 1.29 is 17.9 Å². The molecule has 6 nitrogen and oxygen atoms in total. The van der Waals surface area contributed by atoms with E-state index in [9.17, 15) is 13.2 Å². The fourth-order valence-corrected chi connectivity index (χ4v) is 4.56. The van der Waals surface area contributed by atoms with Crippen molar-refractivity contribution in [3.8, 4) is 5.75 Å². The van der Waals surface area contributed by atoms with Crippen molar-refractivity contribution in [1.82, 2.24) is 4.90 Å². The van der Waals surface area contributed by atoms with Crippen molar-refractivity contribution in [1.29, 1.82) is 0 Å². The van der Waals surface area contributed by atoms with Gasteiger partial charge in [0.05, 0.1) is 30.8 Å². The van der Waals surface area contributed by atoms with Crippen molar-refractivity contribution in [3.05, 3.63) is 22.7 Å². The molecule has 8 heteroatoms. The summed E-state index contributed by atoms with van der Waals surface area (Å²) in [5, 5.41) is 3.35. The van der Waals surface area contributed by atoms with Gasteiger partial charge in [0.15, 0.2) is 9.84 Å². The van der Waals surface area contributed by atoms with E-state index in [4.69, 9.17) is 16.3 Å². The topological polar surface area (TPSA) is 75.7 Å². The molecule has 1 atom stereocenters. The molecule has 0 aromatic heterocycles. The Labute approximate surface area is 141 Å². The molecule has 128 valence electrons. The van der Waals surface area contributed by atoms with Crippen LogP contribution in [0.15, 0.2) is 12.1 Å². The Kier molecular flexibility index (Phi) is 5.54. The summed E-state index contributed by atoms with van der Waals surface area (Å²) in [6.45, 7) is 1.96. The van der Waals surface area contributed by atoms with E-state index in [0.29, 0.717) is 22.9 Å². The zero-order valence-corrected chi connectivity index (χ0v) is 15.0. The maximum atomic E-state index is 12.2. The van der Waals surface area contributed by atoms with E-state index < -0.39 is 9.84 Å². The molecular formula is C15H21ClN2O4S. The molecule has 1 saturated heterocycles. The highest BCUT2D eigenvalue weighted by molar-refractivity contribution is 7.91. The Balaban J connectivity index is 2.01. The lowest BCUT2D eigenvalue weighted by Gasteiger charge is -2.22. The first kappa shape index (κ1) is 18.0. The second-order valence-corrected chi connectivity index (χ2v) is 8.46. The number of carbonyl (C=O) groups is 1. The number of anilines is 1. The van der Waals surface area contributed by atoms with Crippen LogP contribution in [0.25, 0.3) is 0 Å². The van der Waals surface area contributed by atoms with E-state index in [0.717, 1.165) is 5.56 Å². The number of rotatable bonds is 5. The van der Waals surface area contributed by atoms with Crippen LogP contribution >= 0.6 is 11.6 Å². The number of aryl methyl sites for hydroxylation is 1. The Hall–Kier alpha value is -1.31. The van der Waals surface area contributed by atoms with E-state index in [1.165, 1.54) is 7.11 Å². The third-order valence-electron chi connectivity index (χ3n) is 3.98. The molecule has 1 N–H and O–H groups in total. The van der Waals surface area contributed by atoms with E-state index in [1.807, 2.05) is 6.92 Å². The zero-order chi connectivity index (χ0) is 17.2. The number of hydrogen-bond acceptors (Lipinski definition) is 5. The number of sulfone groups is 1. The average molecular weight is 361 g/mol. The molecule has 0 bridgehead atoms. The summed E-state index contributed by atoms with van der Waals surface area (Å²) in [5.41, 5.74) is 1.38. The van der Waals surface area contributed by atoms with E-state index >= 15 is 0 Å². The Morgan fingerprint density at radius 1 is 1.48 bits per heavy atom. The number of likely N-dealkylation sites (N-methyl/N-ethyl adjacent to an activating group) is 1. The molecule has 2 rings (SSSR count). The number of nitrogens with one attached hydrogen (secondary N) is 1. The highest BCUT2D eigenvalue weighted by Gasteiger charge is 2.31. The average Bonchev–Trinajstić information content (AvgIpc) is 2.83. The van der Waals surface area contributed by atoms with Crippen molar-refractivity contribution in [2.24, 2.45) is 0 Å². The maximum absolute atomic E-state index is 12.2. The molecule has 0 unspecified atom stereocenters. The molecule has 0 aliphatic carbocycles. The standard InChI is InChI=1S/C15H21ClN2O4S/c1-10-6-13(14(22-3)7-12(10)16)17-15(19)8-18(2)11-4-5-23(20,21)9-11/h6-7,11H,4-5,8-9H2,1-3H3,(H,17,19)/t11-/m0/s1. The number of carbonyl (C=O) groups excluding carboxylic acids is 1. The number of hydrogen-bond donors (Lipinski definition) is 1. The molecule has 0 radical (unpaired) electrons. The molecule has 1 aromatic rings. The first-order valence-electron chi connectivity index (χ1n) is 7.26. The molecule has 1 fully saturated rings. The summed E-state index contributed by atoms with van der Waals surface area (Å²) in [6.07, 6.45) is 0.565. The first-order valence-corrected chi connectivity index (χ1v) is 9.46. The summed E-state index contributed by atoms with van der Waals surface area (Å²) in [4.78, 5) is 14.0. The summed E-state index contributed by atoms with van der Waals surface area (Å²) in [5.74, 6) is 0.561. The molecule has 1 amide bonds. The molecule has 23 heavy (non-hydrogen) atoms. The smallest absolute Gasteiger partial charge is 0.238 e. The molecule has 0 saturated carbocycles. The number of methoxy groups -OCH3 is 1. The van der Waals surface area contributed by atoms with Gasteiger partial charge in [0, 0.05) is 17.1 Å². The van der Waals surface area contributed by atoms with Gasteiger partial charge in [0.25, 0.3) is 0 Å². The lowest BCUT2D eigenvalue weighted by molar-refractivity contribution is -0.117. The Morgan fingerprint density at radius 2 is 2.17 bits per heavy atom. The maximum Gasteiger partial charge on any atom is 0.238 e. The first-order chi connectivity index (χ1) is 10.7. The summed E-state index contributed by atoms with van der Waals surface area (Å²) >= 11 is 6.04. The normalized spacial score (nSPS) is 19.8. The summed E-state index contributed by atoms with van der Waals surface area (Å²) < 4.78 is 28.3. The van der Waals surface area contributed by atoms with Gasteiger partial charge in [-0.3, -0.25) is 9.69 Å². The van der Waals surface area contributed by atoms with Crippen LogP contribution in [0.5, 0.6) is 5.75 Å². The highest BCUT2D eigenvalue weighted by atomic mass is 35.5. The predicted molar refractivity (Wildman–Crippen MR) is 91.1 cm³/mol. The van der Waals surface area contributed by atoms with Gasteiger partial charge in [0.2, 0.25) is 5.91 Å². The molecule has 1 aliphatic heterocycles. The van der Waals surface area contributed by atoms with E-state index in [1.54, 1.807) is 24.1 Å². The van der Waals surface area contributed by atoms with Gasteiger partial charge in [-0.2, -0.15) is 0 Å². The number of benzene rings is 1. The minimum atomic E-state index is -2.96. The second kappa shape index (κ2) is 7.07. The Morgan fingerprint density at radius 3 is 2.74 bits per heavy atom. The largest absolute Gasteiger partial charge is 0.495 e. The van der Waals surface area contributed by atoms with Crippen LogP contribution in [0, 0.1) is 6.92 Å². The van der Waals surface area contributed by atoms with E-state index in [-0.39, 0.29) is 30.0 Å². The van der Waals surface area contributed by atoms with Crippen LogP contribution in [-0.2, 0) is 14.6 Å². The third-order valence-corrected chi connectivity index (χ3v) is 6.14. The monoisotopic (exact) mass is 360 g/mol. The van der Waals surface area contributed by atoms with Gasteiger partial charge in [-0.05, 0) is 32.0 Å². The molecule has 1 aromatic carbocycles. The van der Waals surface area contributed by atoms with E-state index in [2.05, 4.69) is 5.32 Å². The summed E-state index contributed by atoms with van der Waals surface area (Å²) in [6, 6.07) is 3.29. The van der Waals surface area contributed by atoms with Crippen molar-refractivity contribution in [2.75, 3.05) is 37.5 Å². The SMILES string of the molecule is COc1cc(Cl)c(C)cc1NC(=O)CN(C)[C@H]1CCS(=O)(=O)C1. The predicted octanol–water partition coefficient (Wildman–Crippen LogP) is 1.71. The number of amides is 1. The summed E-state index contributed by atoms with van der Waals surface area (Å²) in [7, 11) is 0.301. The van der Waals surface area contributed by atoms with Gasteiger partial charge < -0.3 is 10.1 Å². The van der Waals surface area contributed by atoms with Crippen LogP contribution in [0.2, 0.25) is 5.02 Å². The lowest BCUT2D eigenvalue weighted by atomic mass is 10.2. The van der Waals surface area contributed by atoms with Gasteiger partial charge in [-0.25, -0.2) is 8.42 Å². The fourth-order valence-electron chi connectivity index (χ4n) is 2.60. The van der Waals surface area contributed by atoms with Crippen LogP contribution < -0.4 is 10.1 Å². The second-order valence-electron chi connectivity index (χ2n) is 5.82. The van der Waals surface area contributed by atoms with Gasteiger partial charge in [-0.1, -0.05) is 11.6 Å². The third kappa shape index (κ3) is 4.59. The van der Waals surface area contributed by atoms with Gasteiger partial charge >= 0.3 is 0 Å². The molecule has 0 spiro atoms. The highest BCUT2D eigenvalue weighted by Crippen LogP contribution is 2.31. The van der Waals surface area contributed by atoms with Gasteiger partial charge in [0.1, 0.15) is 5.75 Å². The molecule has 1 aliphatic rings.